The third kappa shape index (κ3) is 2.97. The minimum Gasteiger partial charge on any atom is -0.354 e. The van der Waals surface area contributed by atoms with Gasteiger partial charge in [0.25, 0.3) is 0 Å². The standard InChI is InChI=1S/C12H21N3O2/c13-6-8-2-1-3-10(8)12(17)15-9-4-5-11(16)14-7-9/h8-10H,1-7,13H2,(H,14,16)(H,15,17)/t8-,9?,10-/m1/s1. The Hall–Kier alpha value is -1.10. The van der Waals surface area contributed by atoms with Gasteiger partial charge in [0.2, 0.25) is 11.8 Å². The van der Waals surface area contributed by atoms with Gasteiger partial charge in [-0.15, -0.1) is 0 Å². The van der Waals surface area contributed by atoms with Gasteiger partial charge >= 0.3 is 0 Å². The number of carbonyl (C=O) groups excluding carboxylic acids is 2. The molecule has 1 saturated carbocycles. The van der Waals surface area contributed by atoms with Crippen molar-refractivity contribution in [2.24, 2.45) is 17.6 Å². The highest BCUT2D eigenvalue weighted by molar-refractivity contribution is 5.81. The average Bonchev–Trinajstić information content (AvgIpc) is 2.80. The van der Waals surface area contributed by atoms with Crippen LogP contribution in [0.3, 0.4) is 0 Å². The molecule has 0 spiro atoms. The van der Waals surface area contributed by atoms with Crippen LogP contribution in [0.15, 0.2) is 0 Å². The monoisotopic (exact) mass is 239 g/mol. The Morgan fingerprint density at radius 3 is 2.88 bits per heavy atom. The lowest BCUT2D eigenvalue weighted by molar-refractivity contribution is -0.128. The molecule has 96 valence electrons. The van der Waals surface area contributed by atoms with Crippen LogP contribution in [0.4, 0.5) is 0 Å². The van der Waals surface area contributed by atoms with Crippen LogP contribution in [-0.4, -0.2) is 30.9 Å². The van der Waals surface area contributed by atoms with Gasteiger partial charge in [-0.05, 0) is 31.7 Å². The molecule has 1 unspecified atom stereocenters. The smallest absolute Gasteiger partial charge is 0.223 e. The van der Waals surface area contributed by atoms with Gasteiger partial charge < -0.3 is 16.4 Å². The summed E-state index contributed by atoms with van der Waals surface area (Å²) >= 11 is 0. The normalized spacial score (nSPS) is 33.2. The van der Waals surface area contributed by atoms with Crippen LogP contribution in [0.1, 0.15) is 32.1 Å². The van der Waals surface area contributed by atoms with Crippen molar-refractivity contribution in [3.8, 4) is 0 Å². The second kappa shape index (κ2) is 5.49. The summed E-state index contributed by atoms with van der Waals surface area (Å²) in [6.45, 7) is 1.16. The molecule has 17 heavy (non-hydrogen) atoms. The fourth-order valence-corrected chi connectivity index (χ4v) is 2.83. The minimum atomic E-state index is 0.0798. The first-order valence-corrected chi connectivity index (χ1v) is 6.48. The Morgan fingerprint density at radius 2 is 2.24 bits per heavy atom. The first-order chi connectivity index (χ1) is 8.20. The van der Waals surface area contributed by atoms with Gasteiger partial charge in [-0.3, -0.25) is 9.59 Å². The molecule has 3 atom stereocenters. The van der Waals surface area contributed by atoms with Gasteiger partial charge in [-0.25, -0.2) is 0 Å². The van der Waals surface area contributed by atoms with E-state index in [1.54, 1.807) is 0 Å². The maximum absolute atomic E-state index is 12.1. The summed E-state index contributed by atoms with van der Waals surface area (Å²) in [5.41, 5.74) is 5.68. The van der Waals surface area contributed by atoms with Gasteiger partial charge in [0.05, 0.1) is 0 Å². The van der Waals surface area contributed by atoms with Gasteiger partial charge in [-0.1, -0.05) is 6.42 Å². The number of carbonyl (C=O) groups is 2. The van der Waals surface area contributed by atoms with Crippen LogP contribution in [-0.2, 0) is 9.59 Å². The molecule has 2 fully saturated rings. The molecule has 2 rings (SSSR count). The molecule has 5 nitrogen and oxygen atoms in total. The molecule has 0 aromatic rings. The molecule has 2 amide bonds. The van der Waals surface area contributed by atoms with Crippen molar-refractivity contribution in [3.05, 3.63) is 0 Å². The van der Waals surface area contributed by atoms with Gasteiger partial charge in [0, 0.05) is 24.9 Å². The van der Waals surface area contributed by atoms with Gasteiger partial charge in [-0.2, -0.15) is 0 Å². The zero-order valence-corrected chi connectivity index (χ0v) is 10.1. The molecule has 1 heterocycles. The van der Waals surface area contributed by atoms with E-state index in [2.05, 4.69) is 10.6 Å². The molecular weight excluding hydrogens is 218 g/mol. The van der Waals surface area contributed by atoms with E-state index < -0.39 is 0 Å². The summed E-state index contributed by atoms with van der Waals surface area (Å²) in [6.07, 6.45) is 4.37. The summed E-state index contributed by atoms with van der Waals surface area (Å²) in [7, 11) is 0. The Bertz CT molecular complexity index is 296. The number of nitrogens with two attached hydrogens (primary N) is 1. The van der Waals surface area contributed by atoms with E-state index in [1.165, 1.54) is 0 Å². The lowest BCUT2D eigenvalue weighted by Crippen LogP contribution is -2.49. The molecule has 1 saturated heterocycles. The lowest BCUT2D eigenvalue weighted by atomic mass is 9.94. The Balaban J connectivity index is 1.82. The third-order valence-electron chi connectivity index (χ3n) is 3.91. The molecule has 0 aromatic carbocycles. The van der Waals surface area contributed by atoms with Gasteiger partial charge in [0.1, 0.15) is 0 Å². The van der Waals surface area contributed by atoms with E-state index >= 15 is 0 Å². The van der Waals surface area contributed by atoms with Crippen molar-refractivity contribution in [2.75, 3.05) is 13.1 Å². The first-order valence-electron chi connectivity index (χ1n) is 6.48. The number of hydrogen-bond donors (Lipinski definition) is 3. The topological polar surface area (TPSA) is 84.2 Å². The van der Waals surface area contributed by atoms with E-state index in [0.29, 0.717) is 25.4 Å². The third-order valence-corrected chi connectivity index (χ3v) is 3.91. The van der Waals surface area contributed by atoms with Crippen molar-refractivity contribution in [1.82, 2.24) is 10.6 Å². The zero-order chi connectivity index (χ0) is 12.3. The first kappa shape index (κ1) is 12.4. The largest absolute Gasteiger partial charge is 0.354 e. The summed E-state index contributed by atoms with van der Waals surface area (Å²) in [5.74, 6) is 0.626. The van der Waals surface area contributed by atoms with Gasteiger partial charge in [0.15, 0.2) is 0 Å². The maximum atomic E-state index is 12.1. The van der Waals surface area contributed by atoms with Crippen LogP contribution in [0, 0.1) is 11.8 Å². The highest BCUT2D eigenvalue weighted by atomic mass is 16.2. The molecule has 1 aliphatic carbocycles. The SMILES string of the molecule is NC[C@H]1CCC[C@H]1C(=O)NC1CCC(=O)NC1. The summed E-state index contributed by atoms with van der Waals surface area (Å²) < 4.78 is 0. The number of amides is 2. The van der Waals surface area contributed by atoms with E-state index in [9.17, 15) is 9.59 Å². The Morgan fingerprint density at radius 1 is 1.41 bits per heavy atom. The second-order valence-electron chi connectivity index (χ2n) is 5.08. The van der Waals surface area contributed by atoms with Crippen molar-refractivity contribution < 1.29 is 9.59 Å². The average molecular weight is 239 g/mol. The molecule has 5 heteroatoms. The number of hydrogen-bond acceptors (Lipinski definition) is 3. The molecule has 4 N–H and O–H groups in total. The number of piperidine rings is 1. The van der Waals surface area contributed by atoms with Crippen LogP contribution >= 0.6 is 0 Å². The second-order valence-corrected chi connectivity index (χ2v) is 5.08. The molecular formula is C12H21N3O2. The highest BCUT2D eigenvalue weighted by Crippen LogP contribution is 2.31. The van der Waals surface area contributed by atoms with Crippen molar-refractivity contribution in [3.63, 3.8) is 0 Å². The molecule has 1 aliphatic heterocycles. The van der Waals surface area contributed by atoms with E-state index in [0.717, 1.165) is 25.7 Å². The maximum Gasteiger partial charge on any atom is 0.223 e. The van der Waals surface area contributed by atoms with E-state index in [1.807, 2.05) is 0 Å². The molecule has 0 bridgehead atoms. The van der Waals surface area contributed by atoms with Crippen molar-refractivity contribution >= 4 is 11.8 Å². The fraction of sp³-hybridized carbons (Fsp3) is 0.833. The van der Waals surface area contributed by atoms with Crippen molar-refractivity contribution in [1.29, 1.82) is 0 Å². The van der Waals surface area contributed by atoms with Crippen molar-refractivity contribution in [2.45, 2.75) is 38.1 Å². The van der Waals surface area contributed by atoms with Crippen LogP contribution in [0.25, 0.3) is 0 Å². The van der Waals surface area contributed by atoms with Crippen LogP contribution in [0.5, 0.6) is 0 Å². The molecule has 0 aromatic heterocycles. The van der Waals surface area contributed by atoms with Crippen LogP contribution in [0.2, 0.25) is 0 Å². The fourth-order valence-electron chi connectivity index (χ4n) is 2.83. The number of nitrogens with one attached hydrogen (secondary N) is 2. The summed E-state index contributed by atoms with van der Waals surface area (Å²) in [5, 5.41) is 5.81. The lowest BCUT2D eigenvalue weighted by Gasteiger charge is -2.26. The Labute approximate surface area is 102 Å². The quantitative estimate of drug-likeness (QED) is 0.635. The molecule has 2 aliphatic rings. The predicted molar refractivity (Wildman–Crippen MR) is 64.1 cm³/mol. The van der Waals surface area contributed by atoms with E-state index in [4.69, 9.17) is 5.73 Å². The summed E-state index contributed by atoms with van der Waals surface area (Å²) in [4.78, 5) is 23.1. The molecule has 0 radical (unpaired) electrons. The highest BCUT2D eigenvalue weighted by Gasteiger charge is 2.33. The predicted octanol–water partition coefficient (Wildman–Crippen LogP) is -0.244. The summed E-state index contributed by atoms with van der Waals surface area (Å²) in [6, 6.07) is 0.0965. The zero-order valence-electron chi connectivity index (χ0n) is 10.1. The van der Waals surface area contributed by atoms with Crippen LogP contribution < -0.4 is 16.4 Å². The number of rotatable bonds is 3. The van der Waals surface area contributed by atoms with E-state index in [-0.39, 0.29) is 23.8 Å². The minimum absolute atomic E-state index is 0.0798. The Kier molecular flexibility index (Phi) is 3.99.